The summed E-state index contributed by atoms with van der Waals surface area (Å²) in [5, 5.41) is 25.6. The number of carbonyl (C=O) groups excluding carboxylic acids is 2. The number of aryl methyl sites for hydroxylation is 1. The van der Waals surface area contributed by atoms with E-state index in [0.717, 1.165) is 50.8 Å². The minimum absolute atomic E-state index is 0.0147. The van der Waals surface area contributed by atoms with Gasteiger partial charge in [0, 0.05) is 32.4 Å². The Morgan fingerprint density at radius 1 is 0.762 bits per heavy atom. The summed E-state index contributed by atoms with van der Waals surface area (Å²) in [6.07, 6.45) is 21.3. The van der Waals surface area contributed by atoms with E-state index in [1.54, 1.807) is 6.92 Å². The van der Waals surface area contributed by atoms with Crippen LogP contribution in [0.1, 0.15) is 135 Å². The fraction of sp³-hybridized carbons (Fsp3) is 0.871. The molecular weight excluding hydrogens is 538 g/mol. The third-order valence-electron chi connectivity index (χ3n) is 7.40. The Morgan fingerprint density at radius 2 is 1.36 bits per heavy atom. The fourth-order valence-electron chi connectivity index (χ4n) is 4.70. The van der Waals surface area contributed by atoms with Gasteiger partial charge in [0.2, 0.25) is 5.91 Å². The Hall–Kier alpha value is -2.40. The molecule has 42 heavy (non-hydrogen) atoms. The van der Waals surface area contributed by atoms with Gasteiger partial charge >= 0.3 is 5.97 Å². The second-order valence-corrected chi connectivity index (χ2v) is 11.3. The molecule has 0 saturated heterocycles. The average molecular weight is 596 g/mol. The molecule has 0 aliphatic rings. The van der Waals surface area contributed by atoms with Crippen LogP contribution < -0.4 is 5.32 Å². The van der Waals surface area contributed by atoms with E-state index in [1.165, 1.54) is 64.2 Å². The van der Waals surface area contributed by atoms with Crippen LogP contribution in [0.4, 0.5) is 0 Å². The first-order valence-electron chi connectivity index (χ1n) is 16.4. The van der Waals surface area contributed by atoms with Gasteiger partial charge in [-0.2, -0.15) is 5.21 Å². The Kier molecular flexibility index (Phi) is 24.6. The molecule has 1 rings (SSSR count). The van der Waals surface area contributed by atoms with Gasteiger partial charge in [-0.1, -0.05) is 89.2 Å². The maximum absolute atomic E-state index is 12.1. The molecule has 0 saturated carbocycles. The Bertz CT molecular complexity index is 793. The number of carboxylic acid groups (broad SMARTS) is 1. The van der Waals surface area contributed by atoms with E-state index in [9.17, 15) is 14.4 Å². The molecule has 3 N–H and O–H groups in total. The Balaban J connectivity index is 1.73. The van der Waals surface area contributed by atoms with Gasteiger partial charge in [-0.3, -0.25) is 14.4 Å². The molecule has 1 aromatic heterocycles. The van der Waals surface area contributed by atoms with E-state index < -0.39 is 5.97 Å². The third kappa shape index (κ3) is 24.2. The molecule has 0 radical (unpaired) electrons. The number of nitrogens with zero attached hydrogens (tertiary/aromatic N) is 3. The number of hydrogen-bond donors (Lipinski definition) is 3. The van der Waals surface area contributed by atoms with Gasteiger partial charge < -0.3 is 19.9 Å². The van der Waals surface area contributed by atoms with Crippen molar-refractivity contribution in [1.29, 1.82) is 0 Å². The average Bonchev–Trinajstić information content (AvgIpc) is 3.49. The molecule has 1 heterocycles. The zero-order valence-electron chi connectivity index (χ0n) is 26.1. The third-order valence-corrected chi connectivity index (χ3v) is 7.40. The van der Waals surface area contributed by atoms with Crippen molar-refractivity contribution >= 4 is 17.7 Å². The summed E-state index contributed by atoms with van der Waals surface area (Å²) in [5.74, 6) is -0.180. The lowest BCUT2D eigenvalue weighted by atomic mass is 10.0. The number of aromatic amines is 1. The van der Waals surface area contributed by atoms with Crippen LogP contribution in [0.15, 0.2) is 0 Å². The van der Waals surface area contributed by atoms with Gasteiger partial charge in [0.25, 0.3) is 0 Å². The summed E-state index contributed by atoms with van der Waals surface area (Å²) < 4.78 is 10.8. The van der Waals surface area contributed by atoms with Crippen LogP contribution in [0.25, 0.3) is 0 Å². The lowest BCUT2D eigenvalue weighted by Gasteiger charge is -2.08. The van der Waals surface area contributed by atoms with Crippen LogP contribution in [0.3, 0.4) is 0 Å². The van der Waals surface area contributed by atoms with Crippen LogP contribution >= 0.6 is 0 Å². The molecule has 0 aliphatic carbocycles. The van der Waals surface area contributed by atoms with Crippen LogP contribution in [-0.2, 0) is 30.3 Å². The second kappa shape index (κ2) is 27.4. The van der Waals surface area contributed by atoms with E-state index in [2.05, 4.69) is 25.9 Å². The number of aromatic nitrogens is 4. The number of carbonyl (C=O) groups is 3. The SMILES string of the molecule is C[C@@H](CCCCNC(=O)COCCOCCCC(=O)CCCCCCCCCCCCCCCc1nn[nH]n1)C(=O)O. The first kappa shape index (κ1) is 37.6. The molecule has 0 aromatic carbocycles. The summed E-state index contributed by atoms with van der Waals surface area (Å²) >= 11 is 0. The van der Waals surface area contributed by atoms with Gasteiger partial charge in [0.15, 0.2) is 5.82 Å². The van der Waals surface area contributed by atoms with Crippen LogP contribution in [-0.4, -0.2) is 76.4 Å². The van der Waals surface area contributed by atoms with E-state index in [1.807, 2.05) is 0 Å². The predicted octanol–water partition coefficient (Wildman–Crippen LogP) is 5.59. The highest BCUT2D eigenvalue weighted by Crippen LogP contribution is 2.14. The van der Waals surface area contributed by atoms with Crippen molar-refractivity contribution in [2.24, 2.45) is 5.92 Å². The molecule has 0 unspecified atom stereocenters. The van der Waals surface area contributed by atoms with Crippen molar-refractivity contribution in [2.75, 3.05) is 33.0 Å². The maximum atomic E-state index is 12.1. The molecule has 0 spiro atoms. The smallest absolute Gasteiger partial charge is 0.306 e. The summed E-state index contributed by atoms with van der Waals surface area (Å²) in [4.78, 5) is 34.5. The lowest BCUT2D eigenvalue weighted by Crippen LogP contribution is -2.29. The van der Waals surface area contributed by atoms with Gasteiger partial charge in [-0.25, -0.2) is 0 Å². The Labute approximate surface area is 252 Å². The number of nitrogens with one attached hydrogen (secondary N) is 2. The normalized spacial score (nSPS) is 11.9. The number of rotatable bonds is 31. The summed E-state index contributed by atoms with van der Waals surface area (Å²) in [7, 11) is 0. The molecule has 242 valence electrons. The van der Waals surface area contributed by atoms with Crippen LogP contribution in [0.2, 0.25) is 0 Å². The highest BCUT2D eigenvalue weighted by molar-refractivity contribution is 5.78. The maximum Gasteiger partial charge on any atom is 0.306 e. The topological polar surface area (TPSA) is 156 Å². The number of ketones is 1. The number of aliphatic carboxylic acids is 1. The summed E-state index contributed by atoms with van der Waals surface area (Å²) in [6, 6.07) is 0. The quantitative estimate of drug-likeness (QED) is 0.0931. The fourth-order valence-corrected chi connectivity index (χ4v) is 4.70. The molecule has 0 aliphatic heterocycles. The lowest BCUT2D eigenvalue weighted by molar-refractivity contribution is -0.141. The monoisotopic (exact) mass is 595 g/mol. The first-order valence-corrected chi connectivity index (χ1v) is 16.4. The number of H-pyrrole nitrogens is 1. The number of hydrogen-bond acceptors (Lipinski definition) is 8. The predicted molar refractivity (Wildman–Crippen MR) is 162 cm³/mol. The van der Waals surface area contributed by atoms with Crippen LogP contribution in [0.5, 0.6) is 0 Å². The number of amides is 1. The molecule has 0 fully saturated rings. The van der Waals surface area contributed by atoms with E-state index >= 15 is 0 Å². The van der Waals surface area contributed by atoms with Gasteiger partial charge in [-0.15, -0.1) is 10.2 Å². The number of carboxylic acids is 1. The zero-order chi connectivity index (χ0) is 30.5. The van der Waals surface area contributed by atoms with E-state index in [4.69, 9.17) is 14.6 Å². The molecule has 1 aromatic rings. The largest absolute Gasteiger partial charge is 0.481 e. The number of tetrazole rings is 1. The minimum atomic E-state index is -0.785. The molecule has 1 atom stereocenters. The van der Waals surface area contributed by atoms with Crippen molar-refractivity contribution < 1.29 is 29.0 Å². The highest BCUT2D eigenvalue weighted by atomic mass is 16.5. The van der Waals surface area contributed by atoms with Gasteiger partial charge in [0.1, 0.15) is 12.4 Å². The van der Waals surface area contributed by atoms with Crippen molar-refractivity contribution in [3.63, 3.8) is 0 Å². The van der Waals surface area contributed by atoms with E-state index in [0.29, 0.717) is 51.4 Å². The minimum Gasteiger partial charge on any atom is -0.481 e. The van der Waals surface area contributed by atoms with E-state index in [-0.39, 0.29) is 18.4 Å². The highest BCUT2D eigenvalue weighted by Gasteiger charge is 2.10. The van der Waals surface area contributed by atoms with Crippen molar-refractivity contribution in [1.82, 2.24) is 25.9 Å². The van der Waals surface area contributed by atoms with Crippen LogP contribution in [0, 0.1) is 5.92 Å². The van der Waals surface area contributed by atoms with Gasteiger partial charge in [0.05, 0.1) is 19.1 Å². The standard InChI is InChI=1S/C31H57N5O6/c1-27(31(39)40)18-15-16-22-32-30(38)26-42-25-24-41-23-17-20-28(37)19-13-11-9-7-5-3-2-4-6-8-10-12-14-21-29-33-35-36-34-29/h27H,2-26H2,1H3,(H,32,38)(H,39,40)(H,33,34,35,36)/t27-/m0/s1. The van der Waals surface area contributed by atoms with Crippen molar-refractivity contribution in [3.8, 4) is 0 Å². The molecule has 1 amide bonds. The molecule has 0 bridgehead atoms. The van der Waals surface area contributed by atoms with Gasteiger partial charge in [-0.05, 0) is 32.1 Å². The summed E-state index contributed by atoms with van der Waals surface area (Å²) in [5.41, 5.74) is 0. The Morgan fingerprint density at radius 3 is 1.98 bits per heavy atom. The molecule has 11 nitrogen and oxygen atoms in total. The number of unbranched alkanes of at least 4 members (excludes halogenated alkanes) is 13. The zero-order valence-corrected chi connectivity index (χ0v) is 26.1. The number of ether oxygens (including phenoxy) is 2. The van der Waals surface area contributed by atoms with Crippen molar-refractivity contribution in [2.45, 2.75) is 135 Å². The first-order chi connectivity index (χ1) is 20.5. The second-order valence-electron chi connectivity index (χ2n) is 11.3. The number of Topliss-reactive ketones (excluding diaryl/α,β-unsaturated/α-hetero) is 1. The molecular formula is C31H57N5O6. The molecule has 11 heteroatoms. The van der Waals surface area contributed by atoms with Crippen molar-refractivity contribution in [3.05, 3.63) is 5.82 Å². The summed E-state index contributed by atoms with van der Waals surface area (Å²) in [6.45, 7) is 3.46.